The number of halogens is 2. The molecule has 1 aliphatic carbocycles. The van der Waals surface area contributed by atoms with Crippen molar-refractivity contribution >= 4 is 0 Å². The summed E-state index contributed by atoms with van der Waals surface area (Å²) >= 11 is 0. The Bertz CT molecular complexity index is 391. The molecule has 1 fully saturated rings. The number of hydrogen-bond acceptors (Lipinski definition) is 2. The van der Waals surface area contributed by atoms with E-state index < -0.39 is 11.6 Å². The highest BCUT2D eigenvalue weighted by molar-refractivity contribution is 5.21. The molecule has 0 bridgehead atoms. The van der Waals surface area contributed by atoms with Gasteiger partial charge in [0.2, 0.25) is 0 Å². The first-order valence-electron chi connectivity index (χ1n) is 6.06. The smallest absolute Gasteiger partial charge is 0.159 e. The maximum absolute atomic E-state index is 13.1. The monoisotopic (exact) mass is 240 g/mol. The lowest BCUT2D eigenvalue weighted by atomic mass is 10.1. The summed E-state index contributed by atoms with van der Waals surface area (Å²) in [4.78, 5) is 2.30. The van der Waals surface area contributed by atoms with Crippen molar-refractivity contribution in [3.8, 4) is 0 Å². The zero-order valence-electron chi connectivity index (χ0n) is 10.00. The first-order chi connectivity index (χ1) is 8.11. The van der Waals surface area contributed by atoms with E-state index in [9.17, 15) is 8.78 Å². The van der Waals surface area contributed by atoms with Crippen LogP contribution in [0.3, 0.4) is 0 Å². The molecule has 1 atom stereocenters. The molecule has 4 heteroatoms. The number of rotatable bonds is 5. The molecule has 2 nitrogen and oxygen atoms in total. The molecule has 1 aromatic rings. The highest BCUT2D eigenvalue weighted by Crippen LogP contribution is 2.28. The second-order valence-electron chi connectivity index (χ2n) is 4.60. The quantitative estimate of drug-likeness (QED) is 0.856. The number of benzene rings is 1. The average molecular weight is 240 g/mol. The highest BCUT2D eigenvalue weighted by atomic mass is 19.2. The average Bonchev–Trinajstić information content (AvgIpc) is 3.13. The molecule has 1 unspecified atom stereocenters. The van der Waals surface area contributed by atoms with Gasteiger partial charge in [0.25, 0.3) is 0 Å². The second-order valence-corrected chi connectivity index (χ2v) is 4.60. The molecule has 17 heavy (non-hydrogen) atoms. The molecule has 94 valence electrons. The maximum atomic E-state index is 13.1. The van der Waals surface area contributed by atoms with Crippen molar-refractivity contribution in [1.29, 1.82) is 0 Å². The van der Waals surface area contributed by atoms with Crippen molar-refractivity contribution in [3.63, 3.8) is 0 Å². The van der Waals surface area contributed by atoms with Crippen molar-refractivity contribution in [2.75, 3.05) is 13.1 Å². The van der Waals surface area contributed by atoms with E-state index in [1.54, 1.807) is 6.07 Å². The predicted molar refractivity (Wildman–Crippen MR) is 63.6 cm³/mol. The Balaban J connectivity index is 2.02. The van der Waals surface area contributed by atoms with E-state index in [1.165, 1.54) is 18.9 Å². The van der Waals surface area contributed by atoms with Crippen LogP contribution in [0.25, 0.3) is 0 Å². The number of nitrogens with two attached hydrogens (primary N) is 1. The van der Waals surface area contributed by atoms with Gasteiger partial charge in [0.05, 0.1) is 0 Å². The molecular formula is C13H18F2N2. The van der Waals surface area contributed by atoms with Crippen LogP contribution in [0.2, 0.25) is 0 Å². The van der Waals surface area contributed by atoms with Crippen LogP contribution in [-0.2, 0) is 0 Å². The molecular weight excluding hydrogens is 222 g/mol. The molecule has 2 N–H and O–H groups in total. The normalized spacial score (nSPS) is 17.5. The SMILES string of the molecule is CCN(CC(N)c1ccc(F)c(F)c1)C1CC1. The number of nitrogens with zero attached hydrogens (tertiary/aromatic N) is 1. The summed E-state index contributed by atoms with van der Waals surface area (Å²) in [5.74, 6) is -1.65. The summed E-state index contributed by atoms with van der Waals surface area (Å²) in [5.41, 5.74) is 6.68. The minimum absolute atomic E-state index is 0.259. The lowest BCUT2D eigenvalue weighted by Gasteiger charge is -2.24. The molecule has 0 amide bonds. The molecule has 0 radical (unpaired) electrons. The Morgan fingerprint density at radius 2 is 2.06 bits per heavy atom. The highest BCUT2D eigenvalue weighted by Gasteiger charge is 2.28. The lowest BCUT2D eigenvalue weighted by molar-refractivity contribution is 0.260. The first-order valence-corrected chi connectivity index (χ1v) is 6.06. The van der Waals surface area contributed by atoms with E-state index in [0.29, 0.717) is 18.2 Å². The van der Waals surface area contributed by atoms with Crippen molar-refractivity contribution in [3.05, 3.63) is 35.4 Å². The van der Waals surface area contributed by atoms with Crippen LogP contribution < -0.4 is 5.73 Å². The zero-order valence-corrected chi connectivity index (χ0v) is 10.00. The first kappa shape index (κ1) is 12.5. The van der Waals surface area contributed by atoms with Crippen molar-refractivity contribution < 1.29 is 8.78 Å². The molecule has 1 saturated carbocycles. The van der Waals surface area contributed by atoms with Crippen LogP contribution >= 0.6 is 0 Å². The van der Waals surface area contributed by atoms with Crippen molar-refractivity contribution in [1.82, 2.24) is 4.90 Å². The third-order valence-electron chi connectivity index (χ3n) is 3.27. The molecule has 1 aromatic carbocycles. The summed E-state index contributed by atoms with van der Waals surface area (Å²) in [6, 6.07) is 4.27. The van der Waals surface area contributed by atoms with Crippen molar-refractivity contribution in [2.24, 2.45) is 5.73 Å². The molecule has 0 aliphatic heterocycles. The minimum atomic E-state index is -0.826. The van der Waals surface area contributed by atoms with Gasteiger partial charge in [-0.25, -0.2) is 8.78 Å². The van der Waals surface area contributed by atoms with Crippen LogP contribution in [0.5, 0.6) is 0 Å². The Morgan fingerprint density at radius 1 is 1.35 bits per heavy atom. The van der Waals surface area contributed by atoms with E-state index >= 15 is 0 Å². The van der Waals surface area contributed by atoms with Gasteiger partial charge in [-0.2, -0.15) is 0 Å². The summed E-state index contributed by atoms with van der Waals surface area (Å²) in [5, 5.41) is 0. The second kappa shape index (κ2) is 5.10. The Hall–Kier alpha value is -1.00. The summed E-state index contributed by atoms with van der Waals surface area (Å²) in [7, 11) is 0. The largest absolute Gasteiger partial charge is 0.323 e. The van der Waals surface area contributed by atoms with Gasteiger partial charge in [-0.1, -0.05) is 13.0 Å². The van der Waals surface area contributed by atoms with Crippen LogP contribution in [0, 0.1) is 11.6 Å². The Morgan fingerprint density at radius 3 is 2.59 bits per heavy atom. The molecule has 0 spiro atoms. The van der Waals surface area contributed by atoms with Crippen LogP contribution in [0.4, 0.5) is 8.78 Å². The van der Waals surface area contributed by atoms with E-state index in [2.05, 4.69) is 11.8 Å². The Labute approximate surface area is 100 Å². The van der Waals surface area contributed by atoms with Crippen LogP contribution in [0.15, 0.2) is 18.2 Å². The topological polar surface area (TPSA) is 29.3 Å². The van der Waals surface area contributed by atoms with Gasteiger partial charge in [0.1, 0.15) is 0 Å². The predicted octanol–water partition coefficient (Wildman–Crippen LogP) is 2.45. The molecule has 0 heterocycles. The van der Waals surface area contributed by atoms with Crippen LogP contribution in [-0.4, -0.2) is 24.0 Å². The molecule has 0 aromatic heterocycles. The van der Waals surface area contributed by atoms with Gasteiger partial charge < -0.3 is 5.73 Å². The third kappa shape index (κ3) is 3.01. The number of hydrogen-bond donors (Lipinski definition) is 1. The van der Waals surface area contributed by atoms with Crippen molar-refractivity contribution in [2.45, 2.75) is 31.8 Å². The summed E-state index contributed by atoms with van der Waals surface area (Å²) in [6.45, 7) is 3.74. The molecule has 1 aliphatic rings. The molecule has 2 rings (SSSR count). The minimum Gasteiger partial charge on any atom is -0.323 e. The van der Waals surface area contributed by atoms with E-state index in [0.717, 1.165) is 12.6 Å². The summed E-state index contributed by atoms with van der Waals surface area (Å²) < 4.78 is 25.9. The molecule has 0 saturated heterocycles. The van der Waals surface area contributed by atoms with Gasteiger partial charge >= 0.3 is 0 Å². The lowest BCUT2D eigenvalue weighted by Crippen LogP contribution is -2.33. The fourth-order valence-corrected chi connectivity index (χ4v) is 2.08. The summed E-state index contributed by atoms with van der Waals surface area (Å²) in [6.07, 6.45) is 2.44. The van der Waals surface area contributed by atoms with E-state index in [1.807, 2.05) is 0 Å². The third-order valence-corrected chi connectivity index (χ3v) is 3.27. The van der Waals surface area contributed by atoms with E-state index in [4.69, 9.17) is 5.73 Å². The van der Waals surface area contributed by atoms with Gasteiger partial charge in [-0.05, 0) is 37.1 Å². The zero-order chi connectivity index (χ0) is 12.4. The van der Waals surface area contributed by atoms with Gasteiger partial charge in [0, 0.05) is 18.6 Å². The number of likely N-dealkylation sites (N-methyl/N-ethyl adjacent to an activating group) is 1. The van der Waals surface area contributed by atoms with Gasteiger partial charge in [-0.3, -0.25) is 4.90 Å². The Kier molecular flexibility index (Phi) is 3.74. The fourth-order valence-electron chi connectivity index (χ4n) is 2.08. The van der Waals surface area contributed by atoms with Gasteiger partial charge in [-0.15, -0.1) is 0 Å². The van der Waals surface area contributed by atoms with Gasteiger partial charge in [0.15, 0.2) is 11.6 Å². The fraction of sp³-hybridized carbons (Fsp3) is 0.538. The maximum Gasteiger partial charge on any atom is 0.159 e. The van der Waals surface area contributed by atoms with Crippen LogP contribution in [0.1, 0.15) is 31.4 Å². The van der Waals surface area contributed by atoms with E-state index in [-0.39, 0.29) is 6.04 Å². The standard InChI is InChI=1S/C13H18F2N2/c1-2-17(10-4-5-10)8-13(16)9-3-6-11(14)12(15)7-9/h3,6-7,10,13H,2,4-5,8,16H2,1H3.